The lowest BCUT2D eigenvalue weighted by Gasteiger charge is -2.46. The number of nitrogens with one attached hydrogen (secondary N) is 1. The fraction of sp³-hybridized carbons (Fsp3) is 0.714. The van der Waals surface area contributed by atoms with Crippen LogP contribution in [-0.4, -0.2) is 94.9 Å². The summed E-state index contributed by atoms with van der Waals surface area (Å²) in [6, 6.07) is -0.646. The zero-order chi connectivity index (χ0) is 25.1. The summed E-state index contributed by atoms with van der Waals surface area (Å²) in [6.07, 6.45) is -0.788. The molecule has 0 aromatic carbocycles. The SMILES string of the molecule is C=CC[S+](CCO)C[C@H](NC(C)=O)[C@H]1O[C@H](SC)[C@H](OC(C)=O)[C@@H](OC(C)=O)[C@H]1OC(C)=O. The summed E-state index contributed by atoms with van der Waals surface area (Å²) in [7, 11) is -0.357. The van der Waals surface area contributed by atoms with Crippen molar-refractivity contribution >= 4 is 46.5 Å². The lowest BCUT2D eigenvalue weighted by Crippen LogP contribution is -2.66. The van der Waals surface area contributed by atoms with Gasteiger partial charge in [0.05, 0.1) is 6.61 Å². The lowest BCUT2D eigenvalue weighted by atomic mass is 9.94. The summed E-state index contributed by atoms with van der Waals surface area (Å²) in [4.78, 5) is 47.7. The van der Waals surface area contributed by atoms with Crippen LogP contribution in [0.2, 0.25) is 0 Å². The minimum absolute atomic E-state index is 0.0410. The van der Waals surface area contributed by atoms with Crippen LogP contribution in [0, 0.1) is 0 Å². The van der Waals surface area contributed by atoms with Crippen molar-refractivity contribution in [2.75, 3.05) is 30.1 Å². The second-order valence-corrected chi connectivity index (χ2v) is 10.6. The molecule has 0 bridgehead atoms. The van der Waals surface area contributed by atoms with E-state index in [1.54, 1.807) is 12.3 Å². The molecule has 1 rings (SSSR count). The second kappa shape index (κ2) is 14.5. The molecular weight excluding hydrogens is 474 g/mol. The predicted octanol–water partition coefficient (Wildman–Crippen LogP) is 0.171. The maximum atomic E-state index is 12.0. The van der Waals surface area contributed by atoms with E-state index in [-0.39, 0.29) is 23.4 Å². The number of hydrogen-bond acceptors (Lipinski definition) is 10. The van der Waals surface area contributed by atoms with Crippen LogP contribution < -0.4 is 5.32 Å². The van der Waals surface area contributed by atoms with Gasteiger partial charge < -0.3 is 29.4 Å². The van der Waals surface area contributed by atoms with Gasteiger partial charge in [0.25, 0.3) is 0 Å². The van der Waals surface area contributed by atoms with Gasteiger partial charge >= 0.3 is 17.9 Å². The van der Waals surface area contributed by atoms with Gasteiger partial charge in [0, 0.05) is 27.7 Å². The minimum Gasteiger partial charge on any atom is -0.456 e. The smallest absolute Gasteiger partial charge is 0.303 e. The molecule has 188 valence electrons. The standard InChI is InChI=1S/C21H33NO9S2/c1-7-9-33(10-8-23)11-16(22-12(2)24)17-18(28-13(3)25)19(29-14(4)26)20(30-15(5)27)21(31-17)32-6/h7,16-21,23H,1,8-11H2,2-6H3/p+1/t16-,17+,18-,19-,20+,21+,33?/m0/s1. The fourth-order valence-electron chi connectivity index (χ4n) is 3.58. The van der Waals surface area contributed by atoms with E-state index in [0.29, 0.717) is 17.3 Å². The molecule has 33 heavy (non-hydrogen) atoms. The van der Waals surface area contributed by atoms with Crippen molar-refractivity contribution in [3.63, 3.8) is 0 Å². The van der Waals surface area contributed by atoms with Crippen LogP contribution in [0.15, 0.2) is 12.7 Å². The van der Waals surface area contributed by atoms with Crippen molar-refractivity contribution in [3.05, 3.63) is 12.7 Å². The number of hydrogen-bond donors (Lipinski definition) is 2. The van der Waals surface area contributed by atoms with Crippen molar-refractivity contribution in [1.29, 1.82) is 0 Å². The predicted molar refractivity (Wildman–Crippen MR) is 126 cm³/mol. The van der Waals surface area contributed by atoms with Crippen LogP contribution in [0.5, 0.6) is 0 Å². The molecule has 7 atom stereocenters. The minimum atomic E-state index is -1.15. The summed E-state index contributed by atoms with van der Waals surface area (Å²) in [5, 5.41) is 12.3. The highest BCUT2D eigenvalue weighted by atomic mass is 32.2. The molecule has 1 saturated heterocycles. The number of ether oxygens (including phenoxy) is 4. The Morgan fingerprint density at radius 2 is 1.61 bits per heavy atom. The first-order chi connectivity index (χ1) is 15.5. The van der Waals surface area contributed by atoms with Crippen molar-refractivity contribution in [3.8, 4) is 0 Å². The average molecular weight is 509 g/mol. The molecule has 0 aliphatic carbocycles. The third-order valence-corrected chi connectivity index (χ3v) is 7.74. The number of carbonyl (C=O) groups excluding carboxylic acids is 4. The van der Waals surface area contributed by atoms with Crippen molar-refractivity contribution in [2.45, 2.75) is 63.6 Å². The van der Waals surface area contributed by atoms with Crippen molar-refractivity contribution in [1.82, 2.24) is 5.32 Å². The topological polar surface area (TPSA) is 137 Å². The fourth-order valence-corrected chi connectivity index (χ4v) is 6.14. The first-order valence-corrected chi connectivity index (χ1v) is 13.4. The van der Waals surface area contributed by atoms with E-state index in [9.17, 15) is 24.3 Å². The molecule has 0 radical (unpaired) electrons. The maximum Gasteiger partial charge on any atom is 0.303 e. The maximum absolute atomic E-state index is 12.0. The summed E-state index contributed by atoms with van der Waals surface area (Å²) in [6.45, 7) is 8.67. The monoisotopic (exact) mass is 508 g/mol. The average Bonchev–Trinajstić information content (AvgIpc) is 2.69. The molecule has 12 heteroatoms. The molecule has 10 nitrogen and oxygen atoms in total. The van der Waals surface area contributed by atoms with Gasteiger partial charge in [0.1, 0.15) is 34.8 Å². The van der Waals surface area contributed by atoms with Crippen molar-refractivity contribution < 1.29 is 43.2 Å². The van der Waals surface area contributed by atoms with E-state index in [2.05, 4.69) is 11.9 Å². The number of thioether (sulfide) groups is 1. The molecule has 1 aliphatic rings. The highest BCUT2D eigenvalue weighted by Crippen LogP contribution is 2.34. The summed E-state index contributed by atoms with van der Waals surface area (Å²) in [5.74, 6) is -0.758. The number of amides is 1. The number of rotatable bonds is 12. The van der Waals surface area contributed by atoms with E-state index in [0.717, 1.165) is 0 Å². The first-order valence-electron chi connectivity index (χ1n) is 10.4. The molecule has 2 N–H and O–H groups in total. The van der Waals surface area contributed by atoms with Gasteiger partial charge in [0.15, 0.2) is 18.3 Å². The Bertz CT molecular complexity index is 705. The summed E-state index contributed by atoms with van der Waals surface area (Å²) >= 11 is 1.23. The van der Waals surface area contributed by atoms with Gasteiger partial charge in [0.2, 0.25) is 5.91 Å². The van der Waals surface area contributed by atoms with E-state index < -0.39 is 53.8 Å². The quantitative estimate of drug-likeness (QED) is 0.162. The Morgan fingerprint density at radius 1 is 1.06 bits per heavy atom. The Labute approximate surface area is 201 Å². The Balaban J connectivity index is 3.48. The largest absolute Gasteiger partial charge is 0.456 e. The van der Waals surface area contributed by atoms with Crippen LogP contribution in [0.1, 0.15) is 27.7 Å². The lowest BCUT2D eigenvalue weighted by molar-refractivity contribution is -0.234. The molecule has 1 aliphatic heterocycles. The third kappa shape index (κ3) is 9.55. The number of esters is 3. The van der Waals surface area contributed by atoms with Gasteiger partial charge in [-0.15, -0.1) is 11.8 Å². The Kier molecular flexibility index (Phi) is 12.9. The number of carbonyl (C=O) groups is 4. The van der Waals surface area contributed by atoms with Gasteiger partial charge in [-0.05, 0) is 23.2 Å². The number of aliphatic hydroxyl groups is 1. The van der Waals surface area contributed by atoms with E-state index in [1.165, 1.54) is 39.5 Å². The molecule has 0 spiro atoms. The molecule has 1 unspecified atom stereocenters. The highest BCUT2D eigenvalue weighted by molar-refractivity contribution is 7.99. The van der Waals surface area contributed by atoms with Crippen LogP contribution in [-0.2, 0) is 49.0 Å². The Morgan fingerprint density at radius 3 is 2.06 bits per heavy atom. The Hall–Kier alpha value is -1.76. The van der Waals surface area contributed by atoms with Crippen LogP contribution >= 0.6 is 11.8 Å². The first kappa shape index (κ1) is 29.3. The van der Waals surface area contributed by atoms with E-state index >= 15 is 0 Å². The van der Waals surface area contributed by atoms with Gasteiger partial charge in [-0.3, -0.25) is 19.2 Å². The van der Waals surface area contributed by atoms with E-state index in [4.69, 9.17) is 18.9 Å². The van der Waals surface area contributed by atoms with Crippen LogP contribution in [0.25, 0.3) is 0 Å². The van der Waals surface area contributed by atoms with Crippen LogP contribution in [0.3, 0.4) is 0 Å². The molecule has 1 heterocycles. The van der Waals surface area contributed by atoms with Gasteiger partial charge in [-0.2, -0.15) is 0 Å². The molecular formula is C21H34NO9S2+. The van der Waals surface area contributed by atoms with E-state index in [1.807, 2.05) is 0 Å². The normalized spacial score (nSPS) is 26.4. The zero-order valence-corrected chi connectivity index (χ0v) is 21.2. The van der Waals surface area contributed by atoms with Crippen LogP contribution in [0.4, 0.5) is 0 Å². The van der Waals surface area contributed by atoms with Crippen molar-refractivity contribution in [2.24, 2.45) is 0 Å². The summed E-state index contributed by atoms with van der Waals surface area (Å²) in [5.41, 5.74) is -0.759. The number of aliphatic hydroxyl groups excluding tert-OH is 1. The van der Waals surface area contributed by atoms with Gasteiger partial charge in [-0.25, -0.2) is 0 Å². The zero-order valence-electron chi connectivity index (χ0n) is 19.6. The molecule has 0 aromatic heterocycles. The second-order valence-electron chi connectivity index (χ2n) is 7.40. The molecule has 1 fully saturated rings. The molecule has 0 aromatic rings. The van der Waals surface area contributed by atoms with Gasteiger partial charge in [-0.1, -0.05) is 6.58 Å². The molecule has 0 saturated carbocycles. The molecule has 1 amide bonds. The third-order valence-electron chi connectivity index (χ3n) is 4.60. The summed E-state index contributed by atoms with van der Waals surface area (Å²) < 4.78 is 22.6. The highest BCUT2D eigenvalue weighted by Gasteiger charge is 2.54.